The van der Waals surface area contributed by atoms with Gasteiger partial charge in [0.15, 0.2) is 0 Å². The van der Waals surface area contributed by atoms with Crippen molar-refractivity contribution in [2.75, 3.05) is 11.5 Å². The second-order valence-electron chi connectivity index (χ2n) is 8.54. The molecule has 2 aromatic carbocycles. The maximum atomic E-state index is 6.01. The Balaban J connectivity index is 1.50. The summed E-state index contributed by atoms with van der Waals surface area (Å²) in [6, 6.07) is 13.3. The third kappa shape index (κ3) is 3.27. The van der Waals surface area contributed by atoms with E-state index in [1.807, 2.05) is 0 Å². The zero-order valence-corrected chi connectivity index (χ0v) is 15.5. The minimum Gasteiger partial charge on any atom is -0.399 e. The number of anilines is 2. The largest absolute Gasteiger partial charge is 0.399 e. The van der Waals surface area contributed by atoms with Crippen molar-refractivity contribution in [3.05, 3.63) is 58.7 Å². The fourth-order valence-electron chi connectivity index (χ4n) is 5.30. The van der Waals surface area contributed by atoms with Crippen LogP contribution in [0.2, 0.25) is 0 Å². The number of nitrogens with two attached hydrogens (primary N) is 2. The summed E-state index contributed by atoms with van der Waals surface area (Å²) in [7, 11) is 0. The molecule has 0 heterocycles. The third-order valence-corrected chi connectivity index (χ3v) is 6.67. The van der Waals surface area contributed by atoms with E-state index < -0.39 is 0 Å². The molecule has 4 rings (SSSR count). The smallest absolute Gasteiger partial charge is 0.0343 e. The maximum absolute atomic E-state index is 6.01. The monoisotopic (exact) mass is 334 g/mol. The summed E-state index contributed by atoms with van der Waals surface area (Å²) in [6.07, 6.45) is 6.78. The first-order chi connectivity index (χ1) is 12.0. The summed E-state index contributed by atoms with van der Waals surface area (Å²) in [5.74, 6) is 3.16. The standard InChI is InChI=1S/C23H30N2/c1-14-7-18(3-5-22(14)24)20-10-16-9-17(11-20)13-21(12-16)19-4-6-23(25)15(2)8-19/h3-8,16-17,20-21H,9-13,24-25H2,1-2H3. The van der Waals surface area contributed by atoms with E-state index in [4.69, 9.17) is 11.5 Å². The van der Waals surface area contributed by atoms with Gasteiger partial charge in [-0.1, -0.05) is 24.3 Å². The molecule has 2 fully saturated rings. The Morgan fingerprint density at radius 1 is 0.640 bits per heavy atom. The molecule has 0 aromatic heterocycles. The van der Waals surface area contributed by atoms with Crippen LogP contribution >= 0.6 is 0 Å². The average molecular weight is 335 g/mol. The SMILES string of the molecule is Cc1cc(C2CC3CC(C2)CC(c2ccc(N)c(C)c2)C3)ccc1N. The van der Waals surface area contributed by atoms with Crippen LogP contribution in [-0.4, -0.2) is 0 Å². The Bertz CT molecular complexity index is 702. The quantitative estimate of drug-likeness (QED) is 0.708. The highest BCUT2D eigenvalue weighted by molar-refractivity contribution is 5.49. The number of nitrogen functional groups attached to an aromatic ring is 2. The van der Waals surface area contributed by atoms with Gasteiger partial charge in [-0.15, -0.1) is 0 Å². The molecule has 2 heteroatoms. The van der Waals surface area contributed by atoms with Crippen molar-refractivity contribution in [3.8, 4) is 0 Å². The van der Waals surface area contributed by atoms with Gasteiger partial charge in [-0.2, -0.15) is 0 Å². The number of fused-ring (bicyclic) bond motifs is 2. The summed E-state index contributed by atoms with van der Waals surface area (Å²) in [4.78, 5) is 0. The molecule has 0 spiro atoms. The van der Waals surface area contributed by atoms with Crippen molar-refractivity contribution in [2.45, 2.75) is 57.8 Å². The van der Waals surface area contributed by atoms with E-state index in [0.29, 0.717) is 0 Å². The predicted molar refractivity (Wildman–Crippen MR) is 107 cm³/mol. The minimum atomic E-state index is 0.720. The van der Waals surface area contributed by atoms with E-state index >= 15 is 0 Å². The first-order valence-corrected chi connectivity index (χ1v) is 9.71. The summed E-state index contributed by atoms with van der Waals surface area (Å²) in [5.41, 5.74) is 19.3. The molecule has 25 heavy (non-hydrogen) atoms. The molecular formula is C23H30N2. The van der Waals surface area contributed by atoms with Crippen LogP contribution in [0.15, 0.2) is 36.4 Å². The number of benzene rings is 2. The van der Waals surface area contributed by atoms with Gasteiger partial charge in [-0.05, 0) is 104 Å². The van der Waals surface area contributed by atoms with E-state index in [1.165, 1.54) is 54.4 Å². The molecule has 0 saturated heterocycles. The van der Waals surface area contributed by atoms with Gasteiger partial charge in [0.25, 0.3) is 0 Å². The van der Waals surface area contributed by atoms with Gasteiger partial charge in [0.1, 0.15) is 0 Å². The van der Waals surface area contributed by atoms with Crippen molar-refractivity contribution in [1.29, 1.82) is 0 Å². The molecule has 4 N–H and O–H groups in total. The van der Waals surface area contributed by atoms with Gasteiger partial charge >= 0.3 is 0 Å². The topological polar surface area (TPSA) is 52.0 Å². The maximum Gasteiger partial charge on any atom is 0.0343 e. The number of hydrogen-bond acceptors (Lipinski definition) is 2. The normalized spacial score (nSPS) is 28.7. The second-order valence-corrected chi connectivity index (χ2v) is 8.54. The Hall–Kier alpha value is -1.96. The van der Waals surface area contributed by atoms with E-state index in [0.717, 1.165) is 35.0 Å². The predicted octanol–water partition coefficient (Wildman–Crippen LogP) is 5.55. The van der Waals surface area contributed by atoms with E-state index in [1.54, 1.807) is 0 Å². The van der Waals surface area contributed by atoms with Crippen molar-refractivity contribution >= 4 is 11.4 Å². The molecule has 0 unspecified atom stereocenters. The van der Waals surface area contributed by atoms with Crippen LogP contribution in [0.4, 0.5) is 11.4 Å². The molecule has 2 bridgehead atoms. The number of rotatable bonds is 2. The molecule has 0 aliphatic heterocycles. The van der Waals surface area contributed by atoms with E-state index in [-0.39, 0.29) is 0 Å². The summed E-state index contributed by atoms with van der Waals surface area (Å²) in [6.45, 7) is 4.25. The van der Waals surface area contributed by atoms with Gasteiger partial charge in [0, 0.05) is 11.4 Å². The Kier molecular flexibility index (Phi) is 4.23. The van der Waals surface area contributed by atoms with Crippen molar-refractivity contribution in [3.63, 3.8) is 0 Å². The van der Waals surface area contributed by atoms with Crippen LogP contribution in [0.3, 0.4) is 0 Å². The molecule has 2 aliphatic rings. The van der Waals surface area contributed by atoms with Crippen molar-refractivity contribution in [1.82, 2.24) is 0 Å². The Morgan fingerprint density at radius 3 is 1.40 bits per heavy atom. The van der Waals surface area contributed by atoms with E-state index in [2.05, 4.69) is 50.2 Å². The molecule has 132 valence electrons. The molecule has 2 saturated carbocycles. The molecule has 0 radical (unpaired) electrons. The van der Waals surface area contributed by atoms with Gasteiger partial charge in [-0.3, -0.25) is 0 Å². The highest BCUT2D eigenvalue weighted by Crippen LogP contribution is 2.51. The fraction of sp³-hybridized carbons (Fsp3) is 0.478. The van der Waals surface area contributed by atoms with Gasteiger partial charge in [0.2, 0.25) is 0 Å². The lowest BCUT2D eigenvalue weighted by Crippen LogP contribution is -2.29. The fourth-order valence-corrected chi connectivity index (χ4v) is 5.30. The summed E-state index contributed by atoms with van der Waals surface area (Å²) in [5, 5.41) is 0. The molecule has 0 amide bonds. The highest BCUT2D eigenvalue weighted by atomic mass is 14.6. The van der Waals surface area contributed by atoms with E-state index in [9.17, 15) is 0 Å². The van der Waals surface area contributed by atoms with Gasteiger partial charge in [-0.25, -0.2) is 0 Å². The van der Waals surface area contributed by atoms with Crippen molar-refractivity contribution < 1.29 is 0 Å². The van der Waals surface area contributed by atoms with Crippen LogP contribution in [-0.2, 0) is 0 Å². The molecule has 2 aliphatic carbocycles. The zero-order chi connectivity index (χ0) is 17.6. The molecule has 2 aromatic rings. The summed E-state index contributed by atoms with van der Waals surface area (Å²) >= 11 is 0. The molecular weight excluding hydrogens is 304 g/mol. The summed E-state index contributed by atoms with van der Waals surface area (Å²) < 4.78 is 0. The van der Waals surface area contributed by atoms with Crippen LogP contribution in [0.1, 0.15) is 66.2 Å². The van der Waals surface area contributed by atoms with Crippen molar-refractivity contribution in [2.24, 2.45) is 11.8 Å². The van der Waals surface area contributed by atoms with Crippen LogP contribution < -0.4 is 11.5 Å². The molecule has 0 atom stereocenters. The van der Waals surface area contributed by atoms with Gasteiger partial charge < -0.3 is 11.5 Å². The average Bonchev–Trinajstić information content (AvgIpc) is 2.59. The van der Waals surface area contributed by atoms with Crippen LogP contribution in [0.25, 0.3) is 0 Å². The Morgan fingerprint density at radius 2 is 1.04 bits per heavy atom. The lowest BCUT2D eigenvalue weighted by Gasteiger charge is -2.43. The lowest BCUT2D eigenvalue weighted by molar-refractivity contribution is 0.151. The zero-order valence-electron chi connectivity index (χ0n) is 15.5. The molecule has 2 nitrogen and oxygen atoms in total. The first kappa shape index (κ1) is 16.5. The first-order valence-electron chi connectivity index (χ1n) is 9.71. The Labute approximate surface area is 151 Å². The lowest BCUT2D eigenvalue weighted by atomic mass is 9.62. The van der Waals surface area contributed by atoms with Gasteiger partial charge in [0.05, 0.1) is 0 Å². The number of aryl methyl sites for hydroxylation is 2. The third-order valence-electron chi connectivity index (χ3n) is 6.67. The number of hydrogen-bond donors (Lipinski definition) is 2. The minimum absolute atomic E-state index is 0.720. The second kappa shape index (κ2) is 6.40. The highest BCUT2D eigenvalue weighted by Gasteiger charge is 2.37. The van der Waals surface area contributed by atoms with Crippen LogP contribution in [0, 0.1) is 25.7 Å². The van der Waals surface area contributed by atoms with Crippen LogP contribution in [0.5, 0.6) is 0 Å².